The monoisotopic (exact) mass is 246 g/mol. The minimum Gasteiger partial charge on any atom is -0.384 e. The van der Waals surface area contributed by atoms with Crippen molar-refractivity contribution in [3.8, 4) is 0 Å². The van der Waals surface area contributed by atoms with Crippen molar-refractivity contribution in [2.75, 3.05) is 11.9 Å². The Morgan fingerprint density at radius 1 is 1.35 bits per heavy atom. The second kappa shape index (κ2) is 3.88. The van der Waals surface area contributed by atoms with Crippen molar-refractivity contribution in [3.05, 3.63) is 35.5 Å². The number of aromatic nitrogens is 1. The molecule has 0 bridgehead atoms. The van der Waals surface area contributed by atoms with E-state index in [9.17, 15) is 0 Å². The molecule has 0 atom stereocenters. The van der Waals surface area contributed by atoms with Crippen LogP contribution >= 0.6 is 11.6 Å². The van der Waals surface area contributed by atoms with Crippen LogP contribution in [0.2, 0.25) is 5.02 Å². The molecule has 1 fully saturated rings. The van der Waals surface area contributed by atoms with E-state index in [1.54, 1.807) is 0 Å². The molecule has 1 aromatic carbocycles. The average molecular weight is 247 g/mol. The first-order chi connectivity index (χ1) is 8.16. The van der Waals surface area contributed by atoms with Crippen molar-refractivity contribution < 1.29 is 0 Å². The quantitative estimate of drug-likeness (QED) is 0.882. The zero-order chi connectivity index (χ0) is 11.9. The van der Waals surface area contributed by atoms with Gasteiger partial charge in [0.05, 0.1) is 5.52 Å². The standard InChI is InChI=1S/C14H15ClN2/c1-14(5-6-14)9-17-12-4-7-16-13-8-10(15)2-3-11(12)13/h2-4,7-8H,5-6,9H2,1H3,(H,16,17). The molecule has 1 aliphatic carbocycles. The van der Waals surface area contributed by atoms with E-state index < -0.39 is 0 Å². The van der Waals surface area contributed by atoms with Gasteiger partial charge in [-0.25, -0.2) is 0 Å². The van der Waals surface area contributed by atoms with Gasteiger partial charge < -0.3 is 5.32 Å². The number of rotatable bonds is 3. The Morgan fingerprint density at radius 2 is 2.18 bits per heavy atom. The number of anilines is 1. The second-order valence-electron chi connectivity index (χ2n) is 5.18. The minimum atomic E-state index is 0.502. The predicted octanol–water partition coefficient (Wildman–Crippen LogP) is 4.10. The molecule has 0 amide bonds. The van der Waals surface area contributed by atoms with E-state index in [0.717, 1.165) is 28.2 Å². The summed E-state index contributed by atoms with van der Waals surface area (Å²) in [5, 5.41) is 5.40. The lowest BCUT2D eigenvalue weighted by Gasteiger charge is -2.13. The summed E-state index contributed by atoms with van der Waals surface area (Å²) in [6, 6.07) is 7.88. The molecule has 3 rings (SSSR count). The van der Waals surface area contributed by atoms with Crippen LogP contribution in [0, 0.1) is 5.41 Å². The third-order valence-corrected chi connectivity index (χ3v) is 3.75. The number of hydrogen-bond acceptors (Lipinski definition) is 2. The topological polar surface area (TPSA) is 24.9 Å². The van der Waals surface area contributed by atoms with Gasteiger partial charge in [-0.05, 0) is 42.5 Å². The number of benzene rings is 1. The molecule has 1 heterocycles. The molecule has 0 radical (unpaired) electrons. The molecule has 1 aromatic heterocycles. The van der Waals surface area contributed by atoms with Crippen molar-refractivity contribution >= 4 is 28.2 Å². The van der Waals surface area contributed by atoms with Crippen molar-refractivity contribution in [1.29, 1.82) is 0 Å². The molecule has 2 aromatic rings. The van der Waals surface area contributed by atoms with E-state index in [2.05, 4.69) is 17.2 Å². The third kappa shape index (κ3) is 2.22. The first-order valence-corrected chi connectivity index (χ1v) is 6.32. The van der Waals surface area contributed by atoms with Gasteiger partial charge in [-0.2, -0.15) is 0 Å². The molecule has 1 saturated carbocycles. The van der Waals surface area contributed by atoms with Crippen LogP contribution in [0.15, 0.2) is 30.5 Å². The number of fused-ring (bicyclic) bond motifs is 1. The molecule has 1 N–H and O–H groups in total. The van der Waals surface area contributed by atoms with E-state index in [4.69, 9.17) is 11.6 Å². The summed E-state index contributed by atoms with van der Waals surface area (Å²) < 4.78 is 0. The Labute approximate surface area is 106 Å². The highest BCUT2D eigenvalue weighted by Gasteiger charge is 2.36. The fraction of sp³-hybridized carbons (Fsp3) is 0.357. The van der Waals surface area contributed by atoms with Crippen LogP contribution in [-0.2, 0) is 0 Å². The van der Waals surface area contributed by atoms with Gasteiger partial charge in [0.1, 0.15) is 0 Å². The van der Waals surface area contributed by atoms with Gasteiger partial charge in [0, 0.05) is 28.8 Å². The molecular weight excluding hydrogens is 232 g/mol. The Balaban J connectivity index is 1.92. The summed E-state index contributed by atoms with van der Waals surface area (Å²) in [7, 11) is 0. The molecular formula is C14H15ClN2. The lowest BCUT2D eigenvalue weighted by Crippen LogP contribution is -2.11. The van der Waals surface area contributed by atoms with E-state index in [0.29, 0.717) is 5.41 Å². The molecule has 0 spiro atoms. The fourth-order valence-electron chi connectivity index (χ4n) is 1.97. The smallest absolute Gasteiger partial charge is 0.0737 e. The van der Waals surface area contributed by atoms with Gasteiger partial charge in [-0.15, -0.1) is 0 Å². The van der Waals surface area contributed by atoms with Crippen molar-refractivity contribution in [2.24, 2.45) is 5.41 Å². The SMILES string of the molecule is CC1(CNc2ccnc3cc(Cl)ccc23)CC1. The summed E-state index contributed by atoms with van der Waals surface area (Å²) in [6.45, 7) is 3.36. The van der Waals surface area contributed by atoms with E-state index >= 15 is 0 Å². The molecule has 3 heteroatoms. The molecule has 0 saturated heterocycles. The lowest BCUT2D eigenvalue weighted by molar-refractivity contribution is 0.611. The van der Waals surface area contributed by atoms with Gasteiger partial charge in [0.15, 0.2) is 0 Å². The summed E-state index contributed by atoms with van der Waals surface area (Å²) in [5.41, 5.74) is 2.60. The maximum atomic E-state index is 5.97. The first kappa shape index (κ1) is 10.8. The third-order valence-electron chi connectivity index (χ3n) is 3.51. The average Bonchev–Trinajstić information content (AvgIpc) is 3.05. The number of hydrogen-bond donors (Lipinski definition) is 1. The number of pyridine rings is 1. The Morgan fingerprint density at radius 3 is 2.94 bits per heavy atom. The maximum Gasteiger partial charge on any atom is 0.0737 e. The number of nitrogens with one attached hydrogen (secondary N) is 1. The predicted molar refractivity (Wildman–Crippen MR) is 72.6 cm³/mol. The zero-order valence-corrected chi connectivity index (χ0v) is 10.6. The molecule has 17 heavy (non-hydrogen) atoms. The van der Waals surface area contributed by atoms with E-state index in [-0.39, 0.29) is 0 Å². The van der Waals surface area contributed by atoms with Crippen LogP contribution in [0.3, 0.4) is 0 Å². The molecule has 2 nitrogen and oxygen atoms in total. The second-order valence-corrected chi connectivity index (χ2v) is 5.62. The molecule has 1 aliphatic rings. The first-order valence-electron chi connectivity index (χ1n) is 5.95. The van der Waals surface area contributed by atoms with Crippen molar-refractivity contribution in [3.63, 3.8) is 0 Å². The van der Waals surface area contributed by atoms with Gasteiger partial charge in [-0.3, -0.25) is 4.98 Å². The van der Waals surface area contributed by atoms with Crippen LogP contribution in [0.5, 0.6) is 0 Å². The summed E-state index contributed by atoms with van der Waals surface area (Å²) in [5.74, 6) is 0. The van der Waals surface area contributed by atoms with Crippen molar-refractivity contribution in [1.82, 2.24) is 4.98 Å². The van der Waals surface area contributed by atoms with E-state index in [1.807, 2.05) is 30.5 Å². The largest absolute Gasteiger partial charge is 0.384 e. The normalized spacial score (nSPS) is 17.1. The number of nitrogens with zero attached hydrogens (tertiary/aromatic N) is 1. The Bertz CT molecular complexity index is 561. The van der Waals surface area contributed by atoms with Crippen LogP contribution in [-0.4, -0.2) is 11.5 Å². The van der Waals surface area contributed by atoms with Crippen LogP contribution in [0.4, 0.5) is 5.69 Å². The van der Waals surface area contributed by atoms with Crippen LogP contribution in [0.25, 0.3) is 10.9 Å². The zero-order valence-electron chi connectivity index (χ0n) is 9.83. The van der Waals surface area contributed by atoms with Gasteiger partial charge in [0.25, 0.3) is 0 Å². The summed E-state index contributed by atoms with van der Waals surface area (Å²) >= 11 is 5.97. The van der Waals surface area contributed by atoms with Crippen molar-refractivity contribution in [2.45, 2.75) is 19.8 Å². The van der Waals surface area contributed by atoms with Gasteiger partial charge >= 0.3 is 0 Å². The van der Waals surface area contributed by atoms with Crippen LogP contribution < -0.4 is 5.32 Å². The van der Waals surface area contributed by atoms with Crippen LogP contribution in [0.1, 0.15) is 19.8 Å². The number of halogens is 1. The molecule has 0 aliphatic heterocycles. The van der Waals surface area contributed by atoms with Gasteiger partial charge in [-0.1, -0.05) is 18.5 Å². The fourth-order valence-corrected chi connectivity index (χ4v) is 2.14. The minimum absolute atomic E-state index is 0.502. The Hall–Kier alpha value is -1.28. The van der Waals surface area contributed by atoms with E-state index in [1.165, 1.54) is 12.8 Å². The summed E-state index contributed by atoms with van der Waals surface area (Å²) in [6.07, 6.45) is 4.49. The molecule has 0 unspecified atom stereocenters. The highest BCUT2D eigenvalue weighted by atomic mass is 35.5. The highest BCUT2D eigenvalue weighted by molar-refractivity contribution is 6.31. The lowest BCUT2D eigenvalue weighted by atomic mass is 10.1. The Kier molecular flexibility index (Phi) is 2.48. The molecule has 88 valence electrons. The van der Waals surface area contributed by atoms with Gasteiger partial charge in [0.2, 0.25) is 0 Å². The summed E-state index contributed by atoms with van der Waals surface area (Å²) in [4.78, 5) is 4.34. The highest BCUT2D eigenvalue weighted by Crippen LogP contribution is 2.45. The maximum absolute atomic E-state index is 5.97.